The minimum Gasteiger partial charge on any atom is -0.396 e. The van der Waals surface area contributed by atoms with Crippen molar-refractivity contribution in [2.75, 3.05) is 20.3 Å². The van der Waals surface area contributed by atoms with Crippen LogP contribution in [-0.4, -0.2) is 111 Å². The smallest absolute Gasteiger partial charge is 0.226 e. The van der Waals surface area contributed by atoms with E-state index in [2.05, 4.69) is 16.0 Å². The molecule has 0 aromatic heterocycles. The van der Waals surface area contributed by atoms with Crippen LogP contribution in [0.2, 0.25) is 0 Å². The monoisotopic (exact) mass is 519 g/mol. The third kappa shape index (κ3) is 10.4. The van der Waals surface area contributed by atoms with Crippen molar-refractivity contribution >= 4 is 29.2 Å². The number of aliphatic hydroxyl groups excluding tert-OH is 5. The lowest BCUT2D eigenvalue weighted by atomic mass is 9.93. The highest BCUT2D eigenvalue weighted by Gasteiger charge is 2.35. The molecule has 0 aromatic rings. The van der Waals surface area contributed by atoms with Gasteiger partial charge < -0.3 is 41.5 Å². The average Bonchev–Trinajstić information content (AvgIpc) is 2.81. The first-order valence-electron chi connectivity index (χ1n) is 11.9. The Hall–Kier alpha value is -2.29. The predicted octanol–water partition coefficient (Wildman–Crippen LogP) is -3.20. The van der Waals surface area contributed by atoms with Gasteiger partial charge in [0.25, 0.3) is 0 Å². The van der Waals surface area contributed by atoms with Gasteiger partial charge >= 0.3 is 0 Å². The fourth-order valence-corrected chi connectivity index (χ4v) is 3.59. The van der Waals surface area contributed by atoms with Gasteiger partial charge in [-0.3, -0.25) is 24.0 Å². The summed E-state index contributed by atoms with van der Waals surface area (Å²) in [5, 5.41) is 55.9. The van der Waals surface area contributed by atoms with Gasteiger partial charge in [-0.2, -0.15) is 0 Å². The molecule has 0 aliphatic heterocycles. The maximum atomic E-state index is 12.8. The van der Waals surface area contributed by atoms with E-state index >= 15 is 0 Å². The zero-order chi connectivity index (χ0) is 28.2. The van der Waals surface area contributed by atoms with Crippen molar-refractivity contribution < 1.29 is 49.5 Å². The molecule has 2 amide bonds. The summed E-state index contributed by atoms with van der Waals surface area (Å²) < 4.78 is 0. The number of carbonyl (C=O) groups is 5. The molecular weight excluding hydrogens is 478 g/mol. The van der Waals surface area contributed by atoms with Crippen molar-refractivity contribution in [3.63, 3.8) is 0 Å². The highest BCUT2D eigenvalue weighted by molar-refractivity contribution is 5.96. The van der Waals surface area contributed by atoms with Gasteiger partial charge in [-0.1, -0.05) is 6.92 Å². The van der Waals surface area contributed by atoms with Gasteiger partial charge in [-0.05, 0) is 27.8 Å². The van der Waals surface area contributed by atoms with Gasteiger partial charge in [0, 0.05) is 19.3 Å². The van der Waals surface area contributed by atoms with E-state index in [4.69, 9.17) is 0 Å². The van der Waals surface area contributed by atoms with Gasteiger partial charge in [0.15, 0.2) is 17.3 Å². The van der Waals surface area contributed by atoms with Crippen molar-refractivity contribution in [2.45, 2.75) is 83.4 Å². The molecule has 0 bridgehead atoms. The summed E-state index contributed by atoms with van der Waals surface area (Å²) in [6, 6.07) is -3.73. The number of rotatable bonds is 18. The summed E-state index contributed by atoms with van der Waals surface area (Å²) in [6.45, 7) is 3.91. The summed E-state index contributed by atoms with van der Waals surface area (Å²) in [7, 11) is 1.45. The second-order valence-corrected chi connectivity index (χ2v) is 8.88. The molecule has 13 nitrogen and oxygen atoms in total. The third-order valence-electron chi connectivity index (χ3n) is 5.82. The van der Waals surface area contributed by atoms with Crippen molar-refractivity contribution in [3.05, 3.63) is 0 Å². The molecule has 0 heterocycles. The molecule has 0 saturated carbocycles. The Balaban J connectivity index is 5.43. The molecule has 0 radical (unpaired) electrons. The first-order valence-corrected chi connectivity index (χ1v) is 11.9. The van der Waals surface area contributed by atoms with Gasteiger partial charge in [-0.25, -0.2) is 0 Å². The molecule has 0 aliphatic rings. The highest BCUT2D eigenvalue weighted by Crippen LogP contribution is 2.13. The number of likely N-dealkylation sites (N-methyl/N-ethyl adjacent to an activating group) is 1. The van der Waals surface area contributed by atoms with E-state index < -0.39 is 103 Å². The second kappa shape index (κ2) is 16.5. The molecule has 13 heteroatoms. The molecule has 8 unspecified atom stereocenters. The standard InChI is InChI=1S/C23H41N3O10/c1-6-16(32)20(12(3)30)25-22(35)15(10-28)8-18(34)21(13(4)31)26-23(36)14(9-27)7-17(33)19(24-5)11(2)29/h11-15,19-21,24,27-31H,6-10H2,1-5H3,(H,25,35)(H,26,36). The molecule has 0 saturated heterocycles. The van der Waals surface area contributed by atoms with E-state index in [1.165, 1.54) is 27.8 Å². The molecule has 0 fully saturated rings. The summed E-state index contributed by atoms with van der Waals surface area (Å²) >= 11 is 0. The van der Waals surface area contributed by atoms with E-state index in [0.29, 0.717) is 0 Å². The van der Waals surface area contributed by atoms with E-state index in [1.54, 1.807) is 6.92 Å². The van der Waals surface area contributed by atoms with Crippen molar-refractivity contribution in [3.8, 4) is 0 Å². The Bertz CT molecular complexity index is 756. The van der Waals surface area contributed by atoms with E-state index in [-0.39, 0.29) is 6.42 Å². The first kappa shape index (κ1) is 33.7. The second-order valence-electron chi connectivity index (χ2n) is 8.88. The SMILES string of the molecule is CCC(=O)C(NC(=O)C(CO)CC(=O)C(NC(=O)C(CO)CC(=O)C(NC)C(C)O)C(C)O)C(C)O. The number of aliphatic hydroxyl groups is 5. The first-order chi connectivity index (χ1) is 16.7. The molecule has 8 N–H and O–H groups in total. The minimum atomic E-state index is -1.52. The molecule has 208 valence electrons. The van der Waals surface area contributed by atoms with Gasteiger partial charge in [0.1, 0.15) is 12.1 Å². The Labute approximate surface area is 210 Å². The molecule has 0 aliphatic carbocycles. The maximum absolute atomic E-state index is 12.8. The summed E-state index contributed by atoms with van der Waals surface area (Å²) in [6.07, 6.45) is -4.72. The lowest BCUT2D eigenvalue weighted by Gasteiger charge is -2.26. The molecular formula is C23H41N3O10. The van der Waals surface area contributed by atoms with Gasteiger partial charge in [0.2, 0.25) is 11.8 Å². The summed E-state index contributed by atoms with van der Waals surface area (Å²) in [5.41, 5.74) is 0. The Morgan fingerprint density at radius 2 is 0.972 bits per heavy atom. The molecule has 8 atom stereocenters. The number of Topliss-reactive ketones (excluding diaryl/α,β-unsaturated/α-hetero) is 3. The molecule has 0 aromatic carbocycles. The van der Waals surface area contributed by atoms with Crippen LogP contribution in [0.4, 0.5) is 0 Å². The van der Waals surface area contributed by atoms with Crippen LogP contribution >= 0.6 is 0 Å². The lowest BCUT2D eigenvalue weighted by molar-refractivity contribution is -0.138. The topological polar surface area (TPSA) is 223 Å². The van der Waals surface area contributed by atoms with Crippen LogP contribution in [-0.2, 0) is 24.0 Å². The Kier molecular flexibility index (Phi) is 15.4. The largest absolute Gasteiger partial charge is 0.396 e. The van der Waals surface area contributed by atoms with Crippen LogP contribution in [0.3, 0.4) is 0 Å². The number of nitrogens with one attached hydrogen (secondary N) is 3. The van der Waals surface area contributed by atoms with Crippen LogP contribution < -0.4 is 16.0 Å². The summed E-state index contributed by atoms with van der Waals surface area (Å²) in [4.78, 5) is 62.4. The minimum absolute atomic E-state index is 0.0372. The molecule has 36 heavy (non-hydrogen) atoms. The van der Waals surface area contributed by atoms with Crippen LogP contribution in [0.1, 0.15) is 47.0 Å². The Morgan fingerprint density at radius 1 is 0.639 bits per heavy atom. The van der Waals surface area contributed by atoms with E-state index in [1.807, 2.05) is 0 Å². The summed E-state index contributed by atoms with van der Waals surface area (Å²) in [5.74, 6) is -6.20. The number of hydrogen-bond donors (Lipinski definition) is 8. The number of amides is 2. The number of hydrogen-bond acceptors (Lipinski definition) is 11. The zero-order valence-electron chi connectivity index (χ0n) is 21.4. The fourth-order valence-electron chi connectivity index (χ4n) is 3.59. The van der Waals surface area contributed by atoms with Crippen LogP contribution in [0.25, 0.3) is 0 Å². The fraction of sp³-hybridized carbons (Fsp3) is 0.783. The predicted molar refractivity (Wildman–Crippen MR) is 127 cm³/mol. The van der Waals surface area contributed by atoms with E-state index in [0.717, 1.165) is 0 Å². The van der Waals surface area contributed by atoms with Gasteiger partial charge in [-0.15, -0.1) is 0 Å². The zero-order valence-corrected chi connectivity index (χ0v) is 21.4. The number of ketones is 3. The van der Waals surface area contributed by atoms with Crippen LogP contribution in [0.15, 0.2) is 0 Å². The average molecular weight is 520 g/mol. The van der Waals surface area contributed by atoms with Crippen molar-refractivity contribution in [2.24, 2.45) is 11.8 Å². The lowest BCUT2D eigenvalue weighted by Crippen LogP contribution is -2.53. The van der Waals surface area contributed by atoms with Crippen molar-refractivity contribution in [1.82, 2.24) is 16.0 Å². The third-order valence-corrected chi connectivity index (χ3v) is 5.82. The van der Waals surface area contributed by atoms with E-state index in [9.17, 15) is 49.5 Å². The quantitative estimate of drug-likeness (QED) is 0.0900. The molecule has 0 spiro atoms. The number of carbonyl (C=O) groups excluding carboxylic acids is 5. The highest BCUT2D eigenvalue weighted by atomic mass is 16.3. The van der Waals surface area contributed by atoms with Gasteiger partial charge in [0.05, 0.1) is 49.4 Å². The van der Waals surface area contributed by atoms with Crippen LogP contribution in [0.5, 0.6) is 0 Å². The molecule has 0 rings (SSSR count). The Morgan fingerprint density at radius 3 is 1.25 bits per heavy atom. The van der Waals surface area contributed by atoms with Crippen LogP contribution in [0, 0.1) is 11.8 Å². The maximum Gasteiger partial charge on any atom is 0.226 e. The van der Waals surface area contributed by atoms with Crippen molar-refractivity contribution in [1.29, 1.82) is 0 Å². The normalized spacial score (nSPS) is 18.1.